The van der Waals surface area contributed by atoms with Crippen LogP contribution in [0, 0.1) is 11.6 Å². The third-order valence-electron chi connectivity index (χ3n) is 4.17. The van der Waals surface area contributed by atoms with Crippen LogP contribution in [0.3, 0.4) is 0 Å². The fraction of sp³-hybridized carbons (Fsp3) is 0.300. The molecule has 0 radical (unpaired) electrons. The zero-order chi connectivity index (χ0) is 25.5. The monoisotopic (exact) mass is 489 g/mol. The first-order chi connectivity index (χ1) is 16.0. The van der Waals surface area contributed by atoms with Crippen molar-refractivity contribution in [3.05, 3.63) is 47.5 Å². The molecule has 0 unspecified atom stereocenters. The van der Waals surface area contributed by atoms with Gasteiger partial charge in [0.05, 0.1) is 5.69 Å². The molecule has 1 heterocycles. The van der Waals surface area contributed by atoms with E-state index in [1.54, 1.807) is 6.92 Å². The fourth-order valence-electron chi connectivity index (χ4n) is 2.58. The SMILES string of the molecule is CCN(C=O)/C(CO)=N\N(C)c1nc(OCC(F)(F)F)c(C(=O)Nc2ccccc2F)cc1F. The molecular weight excluding hydrogens is 469 g/mol. The van der Waals surface area contributed by atoms with Crippen molar-refractivity contribution in [3.63, 3.8) is 0 Å². The second kappa shape index (κ2) is 11.4. The Bertz CT molecular complexity index is 1060. The normalized spacial score (nSPS) is 11.7. The van der Waals surface area contributed by atoms with Gasteiger partial charge in [0, 0.05) is 13.6 Å². The number of nitrogens with one attached hydrogen (secondary N) is 1. The zero-order valence-corrected chi connectivity index (χ0v) is 17.9. The molecular formula is C20H20F5N5O4. The molecule has 2 rings (SSSR count). The summed E-state index contributed by atoms with van der Waals surface area (Å²) in [5.74, 6) is -5.00. The molecule has 2 aromatic rings. The molecule has 1 aromatic carbocycles. The number of aromatic nitrogens is 1. The average Bonchev–Trinajstić information content (AvgIpc) is 2.78. The summed E-state index contributed by atoms with van der Waals surface area (Å²) in [6, 6.07) is 5.51. The lowest BCUT2D eigenvalue weighted by Crippen LogP contribution is -2.34. The van der Waals surface area contributed by atoms with Gasteiger partial charge in [0.15, 0.2) is 24.1 Å². The first kappa shape index (κ1) is 26.4. The number of likely N-dealkylation sites (N-methyl/N-ethyl adjacent to an activating group) is 1. The number of amides is 2. The Morgan fingerprint density at radius 3 is 2.50 bits per heavy atom. The molecule has 0 aliphatic heterocycles. The van der Waals surface area contributed by atoms with Crippen LogP contribution in [0.15, 0.2) is 35.4 Å². The van der Waals surface area contributed by atoms with E-state index in [1.165, 1.54) is 18.2 Å². The number of ether oxygens (including phenoxy) is 1. The second-order valence-corrected chi connectivity index (χ2v) is 6.57. The highest BCUT2D eigenvalue weighted by atomic mass is 19.4. The van der Waals surface area contributed by atoms with E-state index in [2.05, 4.69) is 20.1 Å². The third kappa shape index (κ3) is 6.84. The predicted molar refractivity (Wildman–Crippen MR) is 111 cm³/mol. The highest BCUT2D eigenvalue weighted by Crippen LogP contribution is 2.28. The van der Waals surface area contributed by atoms with E-state index in [4.69, 9.17) is 0 Å². The minimum atomic E-state index is -4.81. The molecule has 2 amide bonds. The van der Waals surface area contributed by atoms with Crippen LogP contribution in [0.25, 0.3) is 0 Å². The number of rotatable bonds is 9. The summed E-state index contributed by atoms with van der Waals surface area (Å²) in [5.41, 5.74) is -1.04. The van der Waals surface area contributed by atoms with Gasteiger partial charge in [-0.2, -0.15) is 23.3 Å². The molecule has 0 spiro atoms. The second-order valence-electron chi connectivity index (χ2n) is 6.57. The number of hydrogen-bond acceptors (Lipinski definition) is 7. The van der Waals surface area contributed by atoms with Gasteiger partial charge in [-0.05, 0) is 25.1 Å². The Morgan fingerprint density at radius 1 is 1.26 bits per heavy atom. The van der Waals surface area contributed by atoms with Crippen LogP contribution in [0.2, 0.25) is 0 Å². The predicted octanol–water partition coefficient (Wildman–Crippen LogP) is 2.77. The minimum Gasteiger partial charge on any atom is -0.467 e. The molecule has 14 heteroatoms. The number of nitrogens with zero attached hydrogens (tertiary/aromatic N) is 4. The number of carbonyl (C=O) groups is 2. The molecule has 184 valence electrons. The van der Waals surface area contributed by atoms with E-state index in [0.29, 0.717) is 12.5 Å². The van der Waals surface area contributed by atoms with Crippen LogP contribution in [-0.4, -0.2) is 66.1 Å². The highest BCUT2D eigenvalue weighted by Gasteiger charge is 2.31. The average molecular weight is 489 g/mol. The number of anilines is 2. The number of amidine groups is 1. The van der Waals surface area contributed by atoms with Crippen molar-refractivity contribution in [1.29, 1.82) is 0 Å². The van der Waals surface area contributed by atoms with Gasteiger partial charge in [0.1, 0.15) is 18.0 Å². The summed E-state index contributed by atoms with van der Waals surface area (Å²) in [6.45, 7) is -0.889. The number of pyridine rings is 1. The van der Waals surface area contributed by atoms with E-state index in [1.807, 2.05) is 0 Å². The summed E-state index contributed by atoms with van der Waals surface area (Å²) >= 11 is 0. The molecule has 9 nitrogen and oxygen atoms in total. The van der Waals surface area contributed by atoms with Gasteiger partial charge in [0.25, 0.3) is 5.91 Å². The lowest BCUT2D eigenvalue weighted by atomic mass is 10.2. The largest absolute Gasteiger partial charge is 0.467 e. The van der Waals surface area contributed by atoms with Crippen molar-refractivity contribution in [2.24, 2.45) is 5.10 Å². The first-order valence-electron chi connectivity index (χ1n) is 9.60. The highest BCUT2D eigenvalue weighted by molar-refractivity contribution is 6.06. The van der Waals surface area contributed by atoms with Crippen LogP contribution in [0.4, 0.5) is 33.5 Å². The summed E-state index contributed by atoms with van der Waals surface area (Å²) in [5, 5.41) is 16.1. The molecule has 0 saturated carbocycles. The molecule has 0 aliphatic carbocycles. The maximum absolute atomic E-state index is 14.8. The molecule has 34 heavy (non-hydrogen) atoms. The first-order valence-corrected chi connectivity index (χ1v) is 9.60. The Labute approximate surface area is 190 Å². The van der Waals surface area contributed by atoms with Gasteiger partial charge >= 0.3 is 6.18 Å². The maximum atomic E-state index is 14.8. The smallest absolute Gasteiger partial charge is 0.422 e. The number of para-hydroxylation sites is 1. The van der Waals surface area contributed by atoms with Gasteiger partial charge in [-0.15, -0.1) is 0 Å². The minimum absolute atomic E-state index is 0.113. The van der Waals surface area contributed by atoms with Gasteiger partial charge in [-0.3, -0.25) is 14.5 Å². The number of carbonyl (C=O) groups excluding carboxylic acids is 2. The van der Waals surface area contributed by atoms with Crippen molar-refractivity contribution >= 4 is 29.7 Å². The molecule has 0 aliphatic rings. The standard InChI is InChI=1S/C20H20F5N5O4/c1-3-30(11-32)16(9-31)28-29(2)17-14(22)8-12(19(27-17)34-10-20(23,24)25)18(33)26-15-7-5-4-6-13(15)21/h4-8,11,31H,3,9-10H2,1-2H3,(H,26,33)/b28-16-. The fourth-order valence-corrected chi connectivity index (χ4v) is 2.58. The van der Waals surface area contributed by atoms with Gasteiger partial charge in [-0.25, -0.2) is 13.8 Å². The molecule has 0 saturated heterocycles. The number of benzene rings is 1. The number of aliphatic hydroxyl groups is 1. The number of halogens is 5. The molecule has 0 bridgehead atoms. The van der Waals surface area contributed by atoms with Crippen molar-refractivity contribution in [2.45, 2.75) is 13.1 Å². The van der Waals surface area contributed by atoms with Crippen LogP contribution < -0.4 is 15.1 Å². The van der Waals surface area contributed by atoms with Gasteiger partial charge in [0.2, 0.25) is 12.3 Å². The lowest BCUT2D eigenvalue weighted by Gasteiger charge is -2.21. The van der Waals surface area contributed by atoms with E-state index < -0.39 is 54.2 Å². The lowest BCUT2D eigenvalue weighted by molar-refractivity contribution is -0.154. The quantitative estimate of drug-likeness (QED) is 0.185. The van der Waals surface area contributed by atoms with Crippen LogP contribution >= 0.6 is 0 Å². The summed E-state index contributed by atoms with van der Waals surface area (Å²) < 4.78 is 71.4. The van der Waals surface area contributed by atoms with E-state index >= 15 is 0 Å². The van der Waals surface area contributed by atoms with Crippen LogP contribution in [0.5, 0.6) is 5.88 Å². The number of hydrogen-bond donors (Lipinski definition) is 2. The Balaban J connectivity index is 2.49. The van der Waals surface area contributed by atoms with Gasteiger partial charge in [-0.1, -0.05) is 12.1 Å². The van der Waals surface area contributed by atoms with Crippen molar-refractivity contribution in [3.8, 4) is 5.88 Å². The van der Waals surface area contributed by atoms with E-state index in [-0.39, 0.29) is 18.1 Å². The molecule has 0 fully saturated rings. The molecule has 1 aromatic heterocycles. The maximum Gasteiger partial charge on any atom is 0.422 e. The van der Waals surface area contributed by atoms with E-state index in [9.17, 15) is 36.6 Å². The van der Waals surface area contributed by atoms with Crippen LogP contribution in [0.1, 0.15) is 17.3 Å². The van der Waals surface area contributed by atoms with Crippen molar-refractivity contribution in [1.82, 2.24) is 9.88 Å². The number of hydrazone groups is 1. The Morgan fingerprint density at radius 2 is 1.94 bits per heavy atom. The summed E-state index contributed by atoms with van der Waals surface area (Å²) in [7, 11) is 1.15. The zero-order valence-electron chi connectivity index (χ0n) is 17.9. The third-order valence-corrected chi connectivity index (χ3v) is 4.17. The Hall–Kier alpha value is -3.81. The molecule has 0 atom stereocenters. The van der Waals surface area contributed by atoms with Crippen LogP contribution in [-0.2, 0) is 4.79 Å². The summed E-state index contributed by atoms with van der Waals surface area (Å²) in [6.07, 6.45) is -4.45. The number of alkyl halides is 3. The van der Waals surface area contributed by atoms with Crippen molar-refractivity contribution < 1.29 is 41.4 Å². The topological polar surface area (TPSA) is 107 Å². The number of aliphatic hydroxyl groups excluding tert-OH is 1. The molecule has 2 N–H and O–H groups in total. The summed E-state index contributed by atoms with van der Waals surface area (Å²) in [4.78, 5) is 28.3. The van der Waals surface area contributed by atoms with E-state index in [0.717, 1.165) is 23.0 Å². The van der Waals surface area contributed by atoms with Crippen molar-refractivity contribution in [2.75, 3.05) is 37.1 Å². The van der Waals surface area contributed by atoms with Gasteiger partial charge < -0.3 is 15.2 Å². The Kier molecular flexibility index (Phi) is 8.83.